The molecule has 2 aromatic rings. The van der Waals surface area contributed by atoms with E-state index in [0.29, 0.717) is 5.69 Å². The van der Waals surface area contributed by atoms with Crippen LogP contribution in [0, 0.1) is 5.82 Å². The highest BCUT2D eigenvalue weighted by molar-refractivity contribution is 9.10. The van der Waals surface area contributed by atoms with Crippen LogP contribution in [0.5, 0.6) is 0 Å². The summed E-state index contributed by atoms with van der Waals surface area (Å²) in [6.45, 7) is 0.207. The van der Waals surface area contributed by atoms with Crippen molar-refractivity contribution in [3.05, 3.63) is 45.4 Å². The molecule has 31 heavy (non-hydrogen) atoms. The number of rotatable bonds is 2. The highest BCUT2D eigenvalue weighted by Gasteiger charge is 2.48. The van der Waals surface area contributed by atoms with E-state index >= 15 is 0 Å². The zero-order valence-electron chi connectivity index (χ0n) is 16.6. The number of aliphatic hydroxyl groups excluding tert-OH is 1. The number of urea groups is 1. The van der Waals surface area contributed by atoms with Gasteiger partial charge in [0.25, 0.3) is 5.92 Å². The van der Waals surface area contributed by atoms with Gasteiger partial charge >= 0.3 is 6.03 Å². The Balaban J connectivity index is 1.66. The summed E-state index contributed by atoms with van der Waals surface area (Å²) in [5, 5.41) is 16.0. The molecule has 11 heteroatoms. The van der Waals surface area contributed by atoms with E-state index in [0.717, 1.165) is 4.68 Å². The number of halogens is 5. The van der Waals surface area contributed by atoms with Gasteiger partial charge in [0.05, 0.1) is 35.6 Å². The van der Waals surface area contributed by atoms with E-state index in [-0.39, 0.29) is 28.7 Å². The van der Waals surface area contributed by atoms with Gasteiger partial charge in [-0.2, -0.15) is 13.9 Å². The van der Waals surface area contributed by atoms with Crippen LogP contribution in [-0.2, 0) is 25.4 Å². The number of benzene rings is 1. The molecule has 3 heterocycles. The number of anilines is 1. The van der Waals surface area contributed by atoms with Gasteiger partial charge in [-0.3, -0.25) is 4.68 Å². The van der Waals surface area contributed by atoms with Gasteiger partial charge < -0.3 is 15.3 Å². The Labute approximate surface area is 184 Å². The van der Waals surface area contributed by atoms with Crippen molar-refractivity contribution in [3.8, 4) is 0 Å². The van der Waals surface area contributed by atoms with Gasteiger partial charge in [0.2, 0.25) is 0 Å². The monoisotopic (exact) mass is 504 g/mol. The number of alkyl halides is 3. The first kappa shape index (κ1) is 22.1. The smallest absolute Gasteiger partial charge is 0.322 e. The molecule has 1 aromatic heterocycles. The Kier molecular flexibility index (Phi) is 5.53. The summed E-state index contributed by atoms with van der Waals surface area (Å²) in [6, 6.07) is 3.41. The third kappa shape index (κ3) is 3.93. The number of hydrogen-bond donors (Lipinski definition) is 2. The summed E-state index contributed by atoms with van der Waals surface area (Å²) in [5.74, 6) is -4.00. The Morgan fingerprint density at radius 1 is 1.35 bits per heavy atom. The standard InChI is InChI=1S/C20H21BrF4N4O2/c1-11-7-15-12(8-28(11)18(31)26-14-4-2-3-13(21)16(14)22)17-20(24,25)6-5-19(23,10-30)9-29(17)27-15/h2-4,11,30H,5-10H2,1H3,(H,26,31)/t11-,19+/m1/s1. The van der Waals surface area contributed by atoms with Crippen LogP contribution in [0.15, 0.2) is 22.7 Å². The van der Waals surface area contributed by atoms with Crippen molar-refractivity contribution < 1.29 is 27.5 Å². The summed E-state index contributed by atoms with van der Waals surface area (Å²) in [4.78, 5) is 14.2. The maximum atomic E-state index is 14.9. The van der Waals surface area contributed by atoms with E-state index in [4.69, 9.17) is 0 Å². The molecule has 0 fully saturated rings. The topological polar surface area (TPSA) is 70.4 Å². The van der Waals surface area contributed by atoms with E-state index in [2.05, 4.69) is 26.3 Å². The number of nitrogens with one attached hydrogen (secondary N) is 1. The molecule has 2 aliphatic heterocycles. The molecule has 2 aliphatic rings. The minimum atomic E-state index is -3.36. The van der Waals surface area contributed by atoms with Crippen LogP contribution in [0.25, 0.3) is 0 Å². The van der Waals surface area contributed by atoms with Crippen molar-refractivity contribution in [2.45, 2.75) is 56.9 Å². The largest absolute Gasteiger partial charge is 0.393 e. The van der Waals surface area contributed by atoms with E-state index in [9.17, 15) is 27.5 Å². The number of fused-ring (bicyclic) bond motifs is 3. The summed E-state index contributed by atoms with van der Waals surface area (Å²) < 4.78 is 60.0. The van der Waals surface area contributed by atoms with Crippen LogP contribution >= 0.6 is 15.9 Å². The van der Waals surface area contributed by atoms with Crippen molar-refractivity contribution in [2.24, 2.45) is 0 Å². The highest BCUT2D eigenvalue weighted by atomic mass is 79.9. The molecule has 2 amide bonds. The maximum Gasteiger partial charge on any atom is 0.322 e. The number of carbonyl (C=O) groups excluding carboxylic acids is 1. The molecule has 6 nitrogen and oxygen atoms in total. The molecule has 0 spiro atoms. The number of aromatic nitrogens is 2. The van der Waals surface area contributed by atoms with Gasteiger partial charge in [0, 0.05) is 24.4 Å². The lowest BCUT2D eigenvalue weighted by atomic mass is 9.95. The normalized spacial score (nSPS) is 24.9. The SMILES string of the molecule is C[C@@H]1Cc2nn3c(c2CN1C(=O)Nc1cccc(Br)c1F)C(F)(F)CC[C@@](F)(CO)C3. The summed E-state index contributed by atoms with van der Waals surface area (Å²) in [5.41, 5.74) is -2.10. The third-order valence-electron chi connectivity index (χ3n) is 5.89. The van der Waals surface area contributed by atoms with Crippen molar-refractivity contribution in [1.29, 1.82) is 0 Å². The lowest BCUT2D eigenvalue weighted by Crippen LogP contribution is -2.45. The van der Waals surface area contributed by atoms with Gasteiger partial charge in [0.15, 0.2) is 11.5 Å². The summed E-state index contributed by atoms with van der Waals surface area (Å²) in [6.07, 6.45) is -1.08. The van der Waals surface area contributed by atoms with Gasteiger partial charge in [0.1, 0.15) is 5.69 Å². The summed E-state index contributed by atoms with van der Waals surface area (Å²) >= 11 is 3.05. The van der Waals surface area contributed by atoms with Gasteiger partial charge in [-0.25, -0.2) is 13.6 Å². The second-order valence-corrected chi connectivity index (χ2v) is 9.01. The fourth-order valence-corrected chi connectivity index (χ4v) is 4.52. The number of carbonyl (C=O) groups is 1. The quantitative estimate of drug-likeness (QED) is 0.597. The Morgan fingerprint density at radius 2 is 2.10 bits per heavy atom. The molecule has 2 N–H and O–H groups in total. The van der Waals surface area contributed by atoms with E-state index < -0.39 is 61.2 Å². The average Bonchev–Trinajstić information content (AvgIpc) is 3.01. The van der Waals surface area contributed by atoms with Crippen LogP contribution in [0.2, 0.25) is 0 Å². The molecule has 0 radical (unpaired) electrons. The number of nitrogens with zero attached hydrogens (tertiary/aromatic N) is 3. The van der Waals surface area contributed by atoms with Crippen LogP contribution in [0.4, 0.5) is 28.0 Å². The van der Waals surface area contributed by atoms with Gasteiger partial charge in [-0.1, -0.05) is 6.07 Å². The molecule has 0 aliphatic carbocycles. The first-order valence-electron chi connectivity index (χ1n) is 9.83. The average molecular weight is 505 g/mol. The molecule has 0 saturated carbocycles. The van der Waals surface area contributed by atoms with Gasteiger partial charge in [-0.05, 0) is 41.4 Å². The first-order chi connectivity index (χ1) is 14.5. The van der Waals surface area contributed by atoms with Gasteiger partial charge in [-0.15, -0.1) is 0 Å². The minimum absolute atomic E-state index is 0.0401. The lowest BCUT2D eigenvalue weighted by Gasteiger charge is -2.33. The predicted octanol–water partition coefficient (Wildman–Crippen LogP) is 4.35. The van der Waals surface area contributed by atoms with Crippen molar-refractivity contribution in [1.82, 2.24) is 14.7 Å². The summed E-state index contributed by atoms with van der Waals surface area (Å²) in [7, 11) is 0. The first-order valence-corrected chi connectivity index (χ1v) is 10.6. The number of hydrogen-bond acceptors (Lipinski definition) is 3. The molecule has 0 unspecified atom stereocenters. The molecule has 4 rings (SSSR count). The van der Waals surface area contributed by atoms with E-state index in [1.54, 1.807) is 13.0 Å². The molecule has 0 bridgehead atoms. The molecular formula is C20H21BrF4N4O2. The fourth-order valence-electron chi connectivity index (χ4n) is 4.15. The molecule has 0 saturated heterocycles. The zero-order chi connectivity index (χ0) is 22.6. The minimum Gasteiger partial charge on any atom is -0.393 e. The van der Waals surface area contributed by atoms with Crippen LogP contribution < -0.4 is 5.32 Å². The Bertz CT molecular complexity index is 1030. The molecular weight excluding hydrogens is 484 g/mol. The highest BCUT2D eigenvalue weighted by Crippen LogP contribution is 2.44. The van der Waals surface area contributed by atoms with E-state index in [1.165, 1.54) is 17.0 Å². The van der Waals surface area contributed by atoms with Crippen molar-refractivity contribution >= 4 is 27.6 Å². The molecule has 1 aromatic carbocycles. The third-order valence-corrected chi connectivity index (χ3v) is 6.50. The van der Waals surface area contributed by atoms with Crippen LogP contribution in [0.3, 0.4) is 0 Å². The van der Waals surface area contributed by atoms with E-state index in [1.807, 2.05) is 0 Å². The van der Waals surface area contributed by atoms with Crippen molar-refractivity contribution in [2.75, 3.05) is 11.9 Å². The Morgan fingerprint density at radius 3 is 2.81 bits per heavy atom. The number of amides is 2. The Hall–Kier alpha value is -2.14. The fraction of sp³-hybridized carbons (Fsp3) is 0.500. The van der Waals surface area contributed by atoms with Crippen LogP contribution in [0.1, 0.15) is 36.7 Å². The van der Waals surface area contributed by atoms with Crippen molar-refractivity contribution in [3.63, 3.8) is 0 Å². The van der Waals surface area contributed by atoms with Crippen LogP contribution in [-0.4, -0.2) is 44.1 Å². The second-order valence-electron chi connectivity index (χ2n) is 8.16. The predicted molar refractivity (Wildman–Crippen MR) is 108 cm³/mol. The number of aliphatic hydroxyl groups is 1. The molecule has 168 valence electrons. The molecule has 2 atom stereocenters. The zero-order valence-corrected chi connectivity index (χ0v) is 18.2. The second kappa shape index (κ2) is 7.77. The maximum absolute atomic E-state index is 14.9. The lowest BCUT2D eigenvalue weighted by molar-refractivity contribution is -0.0324.